The first-order valence-corrected chi connectivity index (χ1v) is 6.47. The fourth-order valence-electron chi connectivity index (χ4n) is 1.86. The van der Waals surface area contributed by atoms with Crippen LogP contribution < -0.4 is 5.73 Å². The van der Waals surface area contributed by atoms with Gasteiger partial charge in [0, 0.05) is 19.0 Å². The van der Waals surface area contributed by atoms with Gasteiger partial charge in [-0.3, -0.25) is 4.79 Å². The van der Waals surface area contributed by atoms with E-state index >= 15 is 0 Å². The molecule has 1 heterocycles. The monoisotopic (exact) mass is 239 g/mol. The van der Waals surface area contributed by atoms with E-state index in [9.17, 15) is 4.79 Å². The number of carbonyl (C=O) groups is 1. The molecular weight excluding hydrogens is 222 g/mol. The minimum absolute atomic E-state index is 0.136. The van der Waals surface area contributed by atoms with Crippen molar-refractivity contribution in [3.05, 3.63) is 11.1 Å². The summed E-state index contributed by atoms with van der Waals surface area (Å²) < 4.78 is 0. The summed E-state index contributed by atoms with van der Waals surface area (Å²) in [6.45, 7) is 0.887. The standard InChI is InChI=1S/C11H17N3OS/c1-14(6-8-3-2-4-8)10(15)5-9-7-16-11(12)13-9/h7-8H,2-6H2,1H3,(H2,12,13). The summed E-state index contributed by atoms with van der Waals surface area (Å²) in [5.41, 5.74) is 6.31. The Kier molecular flexibility index (Phi) is 3.43. The molecule has 0 atom stereocenters. The maximum atomic E-state index is 11.8. The molecule has 0 bridgehead atoms. The predicted molar refractivity (Wildman–Crippen MR) is 65.2 cm³/mol. The van der Waals surface area contributed by atoms with Gasteiger partial charge in [-0.2, -0.15) is 0 Å². The summed E-state index contributed by atoms with van der Waals surface area (Å²) in [5.74, 6) is 0.853. The van der Waals surface area contributed by atoms with Gasteiger partial charge in [-0.25, -0.2) is 4.98 Å². The minimum Gasteiger partial charge on any atom is -0.375 e. The summed E-state index contributed by atoms with van der Waals surface area (Å²) in [6, 6.07) is 0. The smallest absolute Gasteiger partial charge is 0.228 e. The topological polar surface area (TPSA) is 59.2 Å². The van der Waals surface area contributed by atoms with Gasteiger partial charge in [0.05, 0.1) is 12.1 Å². The molecule has 0 saturated heterocycles. The first kappa shape index (κ1) is 11.4. The lowest BCUT2D eigenvalue weighted by molar-refractivity contribution is -0.130. The molecule has 1 aromatic rings. The van der Waals surface area contributed by atoms with Crippen molar-refractivity contribution in [2.24, 2.45) is 5.92 Å². The third-order valence-electron chi connectivity index (χ3n) is 3.08. The third-order valence-corrected chi connectivity index (χ3v) is 3.81. The third kappa shape index (κ3) is 2.72. The number of likely N-dealkylation sites (N-methyl/N-ethyl adjacent to an activating group) is 1. The molecule has 4 nitrogen and oxygen atoms in total. The Bertz CT molecular complexity index is 373. The zero-order valence-electron chi connectivity index (χ0n) is 9.48. The summed E-state index contributed by atoms with van der Waals surface area (Å²) in [4.78, 5) is 17.8. The molecular formula is C11H17N3OS. The molecule has 0 unspecified atom stereocenters. The molecule has 1 aliphatic rings. The zero-order valence-corrected chi connectivity index (χ0v) is 10.3. The molecule has 0 aliphatic heterocycles. The number of nitrogens with two attached hydrogens (primary N) is 1. The highest BCUT2D eigenvalue weighted by atomic mass is 32.1. The van der Waals surface area contributed by atoms with E-state index in [2.05, 4.69) is 4.98 Å². The first-order valence-electron chi connectivity index (χ1n) is 5.59. The van der Waals surface area contributed by atoms with Crippen LogP contribution in [0.15, 0.2) is 5.38 Å². The van der Waals surface area contributed by atoms with E-state index < -0.39 is 0 Å². The predicted octanol–water partition coefficient (Wildman–Crippen LogP) is 1.53. The van der Waals surface area contributed by atoms with Gasteiger partial charge in [0.2, 0.25) is 5.91 Å². The van der Waals surface area contributed by atoms with Gasteiger partial charge in [0.25, 0.3) is 0 Å². The number of hydrogen-bond donors (Lipinski definition) is 1. The fourth-order valence-corrected chi connectivity index (χ4v) is 2.42. The van der Waals surface area contributed by atoms with Gasteiger partial charge in [0.1, 0.15) is 0 Å². The lowest BCUT2D eigenvalue weighted by Crippen LogP contribution is -2.35. The molecule has 2 rings (SSSR count). The highest BCUT2D eigenvalue weighted by Gasteiger charge is 2.21. The lowest BCUT2D eigenvalue weighted by Gasteiger charge is -2.30. The molecule has 0 aromatic carbocycles. The van der Waals surface area contributed by atoms with Crippen molar-refractivity contribution < 1.29 is 4.79 Å². The van der Waals surface area contributed by atoms with Crippen LogP contribution in [0.3, 0.4) is 0 Å². The molecule has 1 aromatic heterocycles. The Balaban J connectivity index is 1.82. The van der Waals surface area contributed by atoms with Gasteiger partial charge in [-0.15, -0.1) is 11.3 Å². The van der Waals surface area contributed by atoms with Crippen molar-refractivity contribution in [3.63, 3.8) is 0 Å². The largest absolute Gasteiger partial charge is 0.375 e. The van der Waals surface area contributed by atoms with Crippen LogP contribution in [0.25, 0.3) is 0 Å². The Morgan fingerprint density at radius 2 is 2.44 bits per heavy atom. The second kappa shape index (κ2) is 4.82. The molecule has 2 N–H and O–H groups in total. The average Bonchev–Trinajstić information content (AvgIpc) is 2.57. The number of hydrogen-bond acceptors (Lipinski definition) is 4. The second-order valence-corrected chi connectivity index (χ2v) is 5.31. The van der Waals surface area contributed by atoms with Crippen LogP contribution in [0.4, 0.5) is 5.13 Å². The molecule has 1 saturated carbocycles. The van der Waals surface area contributed by atoms with Crippen LogP contribution in [-0.2, 0) is 11.2 Å². The molecule has 1 aliphatic carbocycles. The van der Waals surface area contributed by atoms with Crippen molar-refractivity contribution in [3.8, 4) is 0 Å². The summed E-state index contributed by atoms with van der Waals surface area (Å²) >= 11 is 1.38. The van der Waals surface area contributed by atoms with Gasteiger partial charge >= 0.3 is 0 Å². The summed E-state index contributed by atoms with van der Waals surface area (Å²) in [5, 5.41) is 2.38. The molecule has 1 amide bonds. The van der Waals surface area contributed by atoms with Crippen molar-refractivity contribution in [2.75, 3.05) is 19.3 Å². The van der Waals surface area contributed by atoms with E-state index in [1.807, 2.05) is 17.3 Å². The zero-order chi connectivity index (χ0) is 11.5. The quantitative estimate of drug-likeness (QED) is 0.866. The van der Waals surface area contributed by atoms with Crippen LogP contribution in [0, 0.1) is 5.92 Å². The van der Waals surface area contributed by atoms with E-state index in [-0.39, 0.29) is 5.91 Å². The molecule has 5 heteroatoms. The molecule has 16 heavy (non-hydrogen) atoms. The Morgan fingerprint density at radius 3 is 2.94 bits per heavy atom. The maximum absolute atomic E-state index is 11.8. The van der Waals surface area contributed by atoms with Gasteiger partial charge < -0.3 is 10.6 Å². The van der Waals surface area contributed by atoms with Crippen LogP contribution in [-0.4, -0.2) is 29.4 Å². The van der Waals surface area contributed by atoms with Crippen molar-refractivity contribution in [1.29, 1.82) is 0 Å². The van der Waals surface area contributed by atoms with Crippen molar-refractivity contribution in [2.45, 2.75) is 25.7 Å². The number of nitrogens with zero attached hydrogens (tertiary/aromatic N) is 2. The number of amides is 1. The van der Waals surface area contributed by atoms with Crippen molar-refractivity contribution >= 4 is 22.4 Å². The van der Waals surface area contributed by atoms with E-state index in [1.165, 1.54) is 30.6 Å². The van der Waals surface area contributed by atoms with Crippen LogP contribution in [0.1, 0.15) is 25.0 Å². The summed E-state index contributed by atoms with van der Waals surface area (Å²) in [7, 11) is 1.87. The number of rotatable bonds is 4. The molecule has 0 spiro atoms. The highest BCUT2D eigenvalue weighted by molar-refractivity contribution is 7.13. The van der Waals surface area contributed by atoms with E-state index in [4.69, 9.17) is 5.73 Å². The average molecular weight is 239 g/mol. The second-order valence-electron chi connectivity index (χ2n) is 4.43. The lowest BCUT2D eigenvalue weighted by atomic mass is 9.85. The normalized spacial score (nSPS) is 15.8. The molecule has 0 radical (unpaired) electrons. The van der Waals surface area contributed by atoms with Crippen LogP contribution in [0.2, 0.25) is 0 Å². The highest BCUT2D eigenvalue weighted by Crippen LogP contribution is 2.26. The first-order chi connectivity index (χ1) is 7.65. The van der Waals surface area contributed by atoms with Crippen molar-refractivity contribution in [1.82, 2.24) is 9.88 Å². The van der Waals surface area contributed by atoms with Gasteiger partial charge in [-0.1, -0.05) is 6.42 Å². The maximum Gasteiger partial charge on any atom is 0.228 e. The Hall–Kier alpha value is -1.10. The van der Waals surface area contributed by atoms with Crippen LogP contribution in [0.5, 0.6) is 0 Å². The fraction of sp³-hybridized carbons (Fsp3) is 0.636. The number of anilines is 1. The van der Waals surface area contributed by atoms with E-state index in [1.54, 1.807) is 0 Å². The Labute approximate surface area is 99.5 Å². The number of aromatic nitrogens is 1. The number of thiazole rings is 1. The SMILES string of the molecule is CN(CC1CCC1)C(=O)Cc1csc(N)n1. The minimum atomic E-state index is 0.136. The van der Waals surface area contributed by atoms with Crippen LogP contribution >= 0.6 is 11.3 Å². The van der Waals surface area contributed by atoms with E-state index in [0.29, 0.717) is 11.6 Å². The number of carbonyl (C=O) groups excluding carboxylic acids is 1. The van der Waals surface area contributed by atoms with E-state index in [0.717, 1.165) is 18.2 Å². The van der Waals surface area contributed by atoms with Gasteiger partial charge in [-0.05, 0) is 18.8 Å². The molecule has 88 valence electrons. The van der Waals surface area contributed by atoms with Gasteiger partial charge in [0.15, 0.2) is 5.13 Å². The molecule has 1 fully saturated rings. The Morgan fingerprint density at radius 1 is 1.69 bits per heavy atom. The summed E-state index contributed by atoms with van der Waals surface area (Å²) in [6.07, 6.45) is 4.22. The number of nitrogen functional groups attached to an aromatic ring is 1.